The first-order valence-corrected chi connectivity index (χ1v) is 16.1. The van der Waals surface area contributed by atoms with E-state index in [0.29, 0.717) is 17.9 Å². The van der Waals surface area contributed by atoms with Gasteiger partial charge in [-0.2, -0.15) is 0 Å². The van der Waals surface area contributed by atoms with E-state index in [1.165, 1.54) is 89.2 Å². The molecule has 3 rings (SSSR count). The molecule has 0 fully saturated rings. The summed E-state index contributed by atoms with van der Waals surface area (Å²) >= 11 is 0. The van der Waals surface area contributed by atoms with Gasteiger partial charge in [0.05, 0.1) is 23.5 Å². The predicted octanol–water partition coefficient (Wildman–Crippen LogP) is 9.61. The summed E-state index contributed by atoms with van der Waals surface area (Å²) in [4.78, 5) is 24.1. The highest BCUT2D eigenvalue weighted by atomic mass is 16.7. The van der Waals surface area contributed by atoms with Gasteiger partial charge in [-0.05, 0) is 48.9 Å². The highest BCUT2D eigenvalue weighted by Gasteiger charge is 2.45. The van der Waals surface area contributed by atoms with E-state index < -0.39 is 16.6 Å². The van der Waals surface area contributed by atoms with Crippen LogP contribution in [0.25, 0.3) is 0 Å². The van der Waals surface area contributed by atoms with Crippen LogP contribution in [0.5, 0.6) is 5.75 Å². The maximum Gasteiger partial charge on any atom is 0.389 e. The van der Waals surface area contributed by atoms with Crippen LogP contribution in [0.1, 0.15) is 119 Å². The number of hydrogen-bond acceptors (Lipinski definition) is 5. The van der Waals surface area contributed by atoms with E-state index in [1.54, 1.807) is 30.3 Å². The Labute approximate surface area is 257 Å². The molecule has 230 valence electrons. The van der Waals surface area contributed by atoms with E-state index >= 15 is 0 Å². The van der Waals surface area contributed by atoms with Gasteiger partial charge in [0.15, 0.2) is 0 Å². The third kappa shape index (κ3) is 12.5. The van der Waals surface area contributed by atoms with Gasteiger partial charge in [-0.3, -0.25) is 10.1 Å². The molecule has 43 heavy (non-hydrogen) atoms. The molecule has 2 aromatic rings. The van der Waals surface area contributed by atoms with Crippen LogP contribution in [0.2, 0.25) is 0 Å². The van der Waals surface area contributed by atoms with Crippen LogP contribution >= 0.6 is 0 Å². The lowest BCUT2D eigenvalue weighted by molar-refractivity contribution is -0.603. The Morgan fingerprint density at radius 3 is 1.93 bits per heavy atom. The molecule has 0 radical (unpaired) electrons. The molecule has 0 N–H and O–H groups in total. The molecule has 0 saturated carbocycles. The topological polar surface area (TPSA) is 78.7 Å². The average molecular weight is 586 g/mol. The average Bonchev–Trinajstić information content (AvgIpc) is 3.03. The number of allylic oxidation sites excluding steroid dienone is 2. The van der Waals surface area contributed by atoms with E-state index in [1.807, 2.05) is 30.3 Å². The first-order valence-electron chi connectivity index (χ1n) is 16.1. The highest BCUT2D eigenvalue weighted by Crippen LogP contribution is 2.27. The van der Waals surface area contributed by atoms with Crippen molar-refractivity contribution in [2.45, 2.75) is 109 Å². The molecule has 6 heteroatoms. The van der Waals surface area contributed by atoms with Crippen LogP contribution in [-0.4, -0.2) is 23.2 Å². The molecular formula is C37H47NO5. The van der Waals surface area contributed by atoms with Crippen LogP contribution in [0.15, 0.2) is 78.4 Å². The van der Waals surface area contributed by atoms with Gasteiger partial charge in [-0.15, -0.1) is 0 Å². The molecule has 1 aliphatic rings. The number of carbonyl (C=O) groups is 1. The fourth-order valence-corrected chi connectivity index (χ4v) is 5.01. The van der Waals surface area contributed by atoms with E-state index in [4.69, 9.17) is 9.47 Å². The van der Waals surface area contributed by atoms with Crippen molar-refractivity contribution in [3.8, 4) is 17.6 Å². The normalized spacial score (nSPS) is 15.7. The van der Waals surface area contributed by atoms with Crippen molar-refractivity contribution in [2.24, 2.45) is 0 Å². The molecule has 0 heterocycles. The van der Waals surface area contributed by atoms with E-state index in [9.17, 15) is 14.9 Å². The molecule has 0 saturated heterocycles. The second-order valence-corrected chi connectivity index (χ2v) is 11.3. The first kappa shape index (κ1) is 33.6. The number of benzene rings is 2. The minimum Gasteiger partial charge on any atom is -0.494 e. The molecule has 1 unspecified atom stereocenters. The summed E-state index contributed by atoms with van der Waals surface area (Å²) in [5, 5.41) is 11.9. The molecule has 2 aromatic carbocycles. The van der Waals surface area contributed by atoms with Gasteiger partial charge in [-0.1, -0.05) is 127 Å². The van der Waals surface area contributed by atoms with Crippen LogP contribution < -0.4 is 4.74 Å². The van der Waals surface area contributed by atoms with Crippen molar-refractivity contribution in [1.29, 1.82) is 0 Å². The number of esters is 1. The fraction of sp³-hybridized carbons (Fsp3) is 0.486. The monoisotopic (exact) mass is 585 g/mol. The quantitative estimate of drug-likeness (QED) is 0.0410. The Morgan fingerprint density at radius 1 is 0.814 bits per heavy atom. The van der Waals surface area contributed by atoms with Crippen molar-refractivity contribution in [3.63, 3.8) is 0 Å². The van der Waals surface area contributed by atoms with Crippen LogP contribution in [0, 0.1) is 22.0 Å². The Hall–Kier alpha value is -3.85. The van der Waals surface area contributed by atoms with Gasteiger partial charge < -0.3 is 9.47 Å². The zero-order chi connectivity index (χ0) is 30.6. The second kappa shape index (κ2) is 19.4. The van der Waals surface area contributed by atoms with Crippen LogP contribution in [0.3, 0.4) is 0 Å². The molecule has 0 aliphatic heterocycles. The van der Waals surface area contributed by atoms with Gasteiger partial charge in [0, 0.05) is 17.2 Å². The lowest BCUT2D eigenvalue weighted by Gasteiger charge is -2.23. The first-order chi connectivity index (χ1) is 21.0. The van der Waals surface area contributed by atoms with Crippen molar-refractivity contribution in [2.75, 3.05) is 6.61 Å². The van der Waals surface area contributed by atoms with E-state index in [-0.39, 0.29) is 12.0 Å². The molecule has 0 amide bonds. The Bertz CT molecular complexity index is 1240. The zero-order valence-corrected chi connectivity index (χ0v) is 25.7. The maximum atomic E-state index is 12.8. The van der Waals surface area contributed by atoms with Gasteiger partial charge in [0.2, 0.25) is 0 Å². The van der Waals surface area contributed by atoms with Crippen molar-refractivity contribution in [3.05, 3.63) is 99.6 Å². The lowest BCUT2D eigenvalue weighted by Crippen LogP contribution is -2.41. The Kier molecular flexibility index (Phi) is 15.2. The second-order valence-electron chi connectivity index (χ2n) is 11.3. The summed E-state index contributed by atoms with van der Waals surface area (Å²) in [6, 6.07) is 16.0. The van der Waals surface area contributed by atoms with Gasteiger partial charge in [-0.25, -0.2) is 4.79 Å². The van der Waals surface area contributed by atoms with Crippen molar-refractivity contribution >= 4 is 5.97 Å². The summed E-state index contributed by atoms with van der Waals surface area (Å²) in [7, 11) is 0. The minimum atomic E-state index is -1.96. The molecule has 0 spiro atoms. The number of hydrogen-bond donors (Lipinski definition) is 0. The van der Waals surface area contributed by atoms with Gasteiger partial charge in [0.25, 0.3) is 0 Å². The van der Waals surface area contributed by atoms with Crippen molar-refractivity contribution < 1.29 is 19.2 Å². The molecule has 0 aromatic heterocycles. The summed E-state index contributed by atoms with van der Waals surface area (Å²) in [5.41, 5.74) is -0.242. The molecule has 6 nitrogen and oxygen atoms in total. The van der Waals surface area contributed by atoms with E-state index in [2.05, 4.69) is 18.8 Å². The number of unbranched alkanes of at least 4 members (excludes halogenated alkanes) is 13. The molecule has 0 bridgehead atoms. The largest absolute Gasteiger partial charge is 0.494 e. The molecular weight excluding hydrogens is 538 g/mol. The van der Waals surface area contributed by atoms with Gasteiger partial charge in [0.1, 0.15) is 5.75 Å². The number of nitrogens with zero attached hydrogens (tertiary/aromatic N) is 1. The molecule has 1 atom stereocenters. The van der Waals surface area contributed by atoms with Gasteiger partial charge >= 0.3 is 11.7 Å². The van der Waals surface area contributed by atoms with Crippen LogP contribution in [-0.2, 0) is 4.74 Å². The standard InChI is InChI=1S/C37H47NO5/c1-2-3-4-5-6-7-8-9-10-11-12-13-14-18-31-42-35-25-23-34(24-26-35)36(39)43-37(38(40)41)29-27-33(28-30-37)22-21-32-19-16-15-17-20-32/h15-17,19-20,23-29H,2-14,18,30-31H2,1H3. The number of ether oxygens (including phenoxy) is 2. The predicted molar refractivity (Wildman–Crippen MR) is 173 cm³/mol. The smallest absolute Gasteiger partial charge is 0.389 e. The maximum absolute atomic E-state index is 12.8. The minimum absolute atomic E-state index is 0.0958. The van der Waals surface area contributed by atoms with E-state index in [0.717, 1.165) is 18.4 Å². The summed E-state index contributed by atoms with van der Waals surface area (Å²) in [6.07, 6.45) is 22.7. The zero-order valence-electron chi connectivity index (χ0n) is 25.7. The SMILES string of the molecule is CCCCCCCCCCCCCCCCOc1ccc(C(=O)OC2([N+](=O)[O-])C=CC(C#Cc3ccccc3)=CC2)cc1. The number of nitro groups is 1. The summed E-state index contributed by atoms with van der Waals surface area (Å²) in [5.74, 6) is 5.93. The van der Waals surface area contributed by atoms with Crippen molar-refractivity contribution in [1.82, 2.24) is 0 Å². The lowest BCUT2D eigenvalue weighted by atomic mass is 9.99. The third-order valence-corrected chi connectivity index (χ3v) is 7.70. The highest BCUT2D eigenvalue weighted by molar-refractivity contribution is 5.89. The molecule has 1 aliphatic carbocycles. The number of rotatable bonds is 19. The fourth-order valence-electron chi connectivity index (χ4n) is 5.01. The summed E-state index contributed by atoms with van der Waals surface area (Å²) < 4.78 is 11.2. The Morgan fingerprint density at radius 2 is 1.40 bits per heavy atom. The van der Waals surface area contributed by atoms with Crippen LogP contribution in [0.4, 0.5) is 0 Å². The third-order valence-electron chi connectivity index (χ3n) is 7.70. The number of carbonyl (C=O) groups excluding carboxylic acids is 1. The summed E-state index contributed by atoms with van der Waals surface area (Å²) in [6.45, 7) is 2.89. The Balaban J connectivity index is 1.31.